The lowest BCUT2D eigenvalue weighted by molar-refractivity contribution is -0.138. The maximum absolute atomic E-state index is 12.3. The van der Waals surface area contributed by atoms with Crippen molar-refractivity contribution in [3.8, 4) is 5.75 Å². The van der Waals surface area contributed by atoms with E-state index in [2.05, 4.69) is 5.16 Å². The fourth-order valence-corrected chi connectivity index (χ4v) is 1.04. The van der Waals surface area contributed by atoms with Crippen LogP contribution in [0.1, 0.15) is 15.9 Å². The number of hydrogen-bond donors (Lipinski definition) is 2. The lowest BCUT2D eigenvalue weighted by atomic mass is 10.1. The monoisotopic (exact) mass is 233 g/mol. The van der Waals surface area contributed by atoms with Crippen LogP contribution in [-0.2, 0) is 6.18 Å². The Kier molecular flexibility index (Phi) is 3.17. The van der Waals surface area contributed by atoms with Crippen LogP contribution in [0.25, 0.3) is 0 Å². The molecule has 0 bridgehead atoms. The van der Waals surface area contributed by atoms with Gasteiger partial charge in [-0.1, -0.05) is 5.16 Å². The van der Waals surface area contributed by atoms with Crippen molar-refractivity contribution in [2.45, 2.75) is 6.18 Å². The molecule has 0 aromatic heterocycles. The summed E-state index contributed by atoms with van der Waals surface area (Å²) in [5, 5.41) is 19.4. The molecule has 0 aliphatic carbocycles. The molecule has 1 rings (SSSR count). The standard InChI is InChI=1S/C9H6F3NO3/c10-9(11,12)6-3-5(1-2-7(6)14)8(15)4-13-16/h1-4,14,16H. The molecule has 1 aromatic carbocycles. The van der Waals surface area contributed by atoms with Gasteiger partial charge in [0.15, 0.2) is 0 Å². The first kappa shape index (κ1) is 12.0. The summed E-state index contributed by atoms with van der Waals surface area (Å²) in [6.45, 7) is 0. The Balaban J connectivity index is 3.23. The van der Waals surface area contributed by atoms with Crippen molar-refractivity contribution in [3.63, 3.8) is 0 Å². The number of phenolic OH excluding ortho intramolecular Hbond substituents is 1. The van der Waals surface area contributed by atoms with Gasteiger partial charge in [-0.2, -0.15) is 13.2 Å². The molecular formula is C9H6F3NO3. The van der Waals surface area contributed by atoms with Crippen LogP contribution >= 0.6 is 0 Å². The molecule has 7 heteroatoms. The number of aromatic hydroxyl groups is 1. The van der Waals surface area contributed by atoms with Crippen LogP contribution in [-0.4, -0.2) is 22.3 Å². The zero-order valence-corrected chi connectivity index (χ0v) is 7.69. The van der Waals surface area contributed by atoms with E-state index < -0.39 is 23.3 Å². The van der Waals surface area contributed by atoms with Crippen molar-refractivity contribution < 1.29 is 28.3 Å². The highest BCUT2D eigenvalue weighted by molar-refractivity contribution is 6.35. The van der Waals surface area contributed by atoms with Gasteiger partial charge in [-0.3, -0.25) is 4.79 Å². The van der Waals surface area contributed by atoms with Crippen molar-refractivity contribution >= 4 is 12.0 Å². The number of benzene rings is 1. The second-order valence-corrected chi connectivity index (χ2v) is 2.84. The molecule has 0 amide bonds. The number of carbonyl (C=O) groups is 1. The molecule has 0 saturated heterocycles. The molecule has 0 spiro atoms. The van der Waals surface area contributed by atoms with E-state index in [1.165, 1.54) is 0 Å². The first-order valence-corrected chi connectivity index (χ1v) is 3.98. The van der Waals surface area contributed by atoms with Crippen molar-refractivity contribution in [2.24, 2.45) is 5.16 Å². The molecule has 0 unspecified atom stereocenters. The average Bonchev–Trinajstić information content (AvgIpc) is 2.16. The number of hydrogen-bond acceptors (Lipinski definition) is 4. The van der Waals surface area contributed by atoms with E-state index in [0.29, 0.717) is 12.3 Å². The number of rotatable bonds is 2. The van der Waals surface area contributed by atoms with Crippen LogP contribution < -0.4 is 0 Å². The van der Waals surface area contributed by atoms with Gasteiger partial charge in [-0.15, -0.1) is 0 Å². The van der Waals surface area contributed by atoms with Gasteiger partial charge in [-0.05, 0) is 18.2 Å². The van der Waals surface area contributed by atoms with Crippen LogP contribution in [0.15, 0.2) is 23.4 Å². The van der Waals surface area contributed by atoms with Crippen LogP contribution in [0, 0.1) is 0 Å². The zero-order chi connectivity index (χ0) is 12.3. The number of phenols is 1. The molecule has 0 heterocycles. The average molecular weight is 233 g/mol. The van der Waals surface area contributed by atoms with E-state index in [4.69, 9.17) is 10.3 Å². The SMILES string of the molecule is O=C(C=NO)c1ccc(O)c(C(F)(F)F)c1. The topological polar surface area (TPSA) is 69.9 Å². The summed E-state index contributed by atoms with van der Waals surface area (Å²) >= 11 is 0. The highest BCUT2D eigenvalue weighted by Crippen LogP contribution is 2.35. The molecule has 86 valence electrons. The number of ketones is 1. The maximum atomic E-state index is 12.3. The summed E-state index contributed by atoms with van der Waals surface area (Å²) < 4.78 is 37.0. The molecule has 4 nitrogen and oxygen atoms in total. The van der Waals surface area contributed by atoms with Gasteiger partial charge in [-0.25, -0.2) is 0 Å². The summed E-state index contributed by atoms with van der Waals surface area (Å²) in [7, 11) is 0. The molecular weight excluding hydrogens is 227 g/mol. The Morgan fingerprint density at radius 3 is 2.50 bits per heavy atom. The van der Waals surface area contributed by atoms with Crippen LogP contribution in [0.3, 0.4) is 0 Å². The van der Waals surface area contributed by atoms with Crippen molar-refractivity contribution in [1.29, 1.82) is 0 Å². The zero-order valence-electron chi connectivity index (χ0n) is 7.69. The van der Waals surface area contributed by atoms with Gasteiger partial charge in [0.25, 0.3) is 0 Å². The predicted molar refractivity (Wildman–Crippen MR) is 47.7 cm³/mol. The number of halogens is 3. The highest BCUT2D eigenvalue weighted by Gasteiger charge is 2.34. The quantitative estimate of drug-likeness (QED) is 0.355. The Morgan fingerprint density at radius 1 is 1.38 bits per heavy atom. The molecule has 16 heavy (non-hydrogen) atoms. The minimum Gasteiger partial charge on any atom is -0.507 e. The number of Topliss-reactive ketones (excluding diaryl/α,β-unsaturated/α-hetero) is 1. The van der Waals surface area contributed by atoms with Crippen LogP contribution in [0.5, 0.6) is 5.75 Å². The van der Waals surface area contributed by atoms with Crippen molar-refractivity contribution in [1.82, 2.24) is 0 Å². The lowest BCUT2D eigenvalue weighted by Crippen LogP contribution is -2.08. The summed E-state index contributed by atoms with van der Waals surface area (Å²) in [6, 6.07) is 2.23. The van der Waals surface area contributed by atoms with Gasteiger partial charge < -0.3 is 10.3 Å². The summed E-state index contributed by atoms with van der Waals surface area (Å²) in [6.07, 6.45) is -4.29. The van der Waals surface area contributed by atoms with Gasteiger partial charge in [0.2, 0.25) is 5.78 Å². The van der Waals surface area contributed by atoms with Gasteiger partial charge in [0.1, 0.15) is 12.0 Å². The minimum absolute atomic E-state index is 0.331. The molecule has 0 atom stereocenters. The maximum Gasteiger partial charge on any atom is 0.419 e. The lowest BCUT2D eigenvalue weighted by Gasteiger charge is -2.09. The number of oxime groups is 1. The minimum atomic E-state index is -4.75. The Hall–Kier alpha value is -2.05. The number of carbonyl (C=O) groups excluding carboxylic acids is 1. The van der Waals surface area contributed by atoms with E-state index in [0.717, 1.165) is 12.1 Å². The van der Waals surface area contributed by atoms with E-state index >= 15 is 0 Å². The summed E-state index contributed by atoms with van der Waals surface area (Å²) in [4.78, 5) is 11.1. The highest BCUT2D eigenvalue weighted by atomic mass is 19.4. The van der Waals surface area contributed by atoms with Crippen LogP contribution in [0.2, 0.25) is 0 Å². The second kappa shape index (κ2) is 4.21. The molecule has 0 aliphatic heterocycles. The molecule has 2 N–H and O–H groups in total. The molecule has 1 aromatic rings. The molecule has 0 aliphatic rings. The largest absolute Gasteiger partial charge is 0.507 e. The summed E-state index contributed by atoms with van der Waals surface area (Å²) in [5.74, 6) is -1.86. The van der Waals surface area contributed by atoms with Crippen LogP contribution in [0.4, 0.5) is 13.2 Å². The number of alkyl halides is 3. The fourth-order valence-electron chi connectivity index (χ4n) is 1.04. The van der Waals surface area contributed by atoms with E-state index in [9.17, 15) is 18.0 Å². The fraction of sp³-hybridized carbons (Fsp3) is 0.111. The third-order valence-corrected chi connectivity index (χ3v) is 1.76. The van der Waals surface area contributed by atoms with Gasteiger partial charge in [0.05, 0.1) is 5.56 Å². The van der Waals surface area contributed by atoms with E-state index in [1.807, 2.05) is 0 Å². The smallest absolute Gasteiger partial charge is 0.419 e. The Labute approximate surface area is 87.6 Å². The Morgan fingerprint density at radius 2 is 2.00 bits per heavy atom. The first-order chi connectivity index (χ1) is 7.36. The van der Waals surface area contributed by atoms with Gasteiger partial charge in [0, 0.05) is 5.56 Å². The Bertz CT molecular complexity index is 440. The molecule has 0 radical (unpaired) electrons. The second-order valence-electron chi connectivity index (χ2n) is 2.84. The first-order valence-electron chi connectivity index (χ1n) is 3.98. The predicted octanol–water partition coefficient (Wildman–Crippen LogP) is 2.05. The number of nitrogens with zero attached hydrogens (tertiary/aromatic N) is 1. The third kappa shape index (κ3) is 2.50. The van der Waals surface area contributed by atoms with Crippen molar-refractivity contribution in [2.75, 3.05) is 0 Å². The molecule has 0 saturated carbocycles. The van der Waals surface area contributed by atoms with E-state index in [-0.39, 0.29) is 5.56 Å². The van der Waals surface area contributed by atoms with Crippen molar-refractivity contribution in [3.05, 3.63) is 29.3 Å². The normalized spacial score (nSPS) is 11.9. The molecule has 0 fully saturated rings. The van der Waals surface area contributed by atoms with Gasteiger partial charge >= 0.3 is 6.18 Å². The van der Waals surface area contributed by atoms with E-state index in [1.54, 1.807) is 0 Å². The third-order valence-electron chi connectivity index (χ3n) is 1.76. The summed E-state index contributed by atoms with van der Waals surface area (Å²) in [5.41, 5.74) is -1.65.